The molecule has 2 aliphatic carbocycles. The Hall–Kier alpha value is -3.43. The Morgan fingerprint density at radius 2 is 2.13 bits per heavy atom. The van der Waals surface area contributed by atoms with Gasteiger partial charge in [0.15, 0.2) is 5.65 Å². The molecule has 200 valence electrons. The highest BCUT2D eigenvalue weighted by molar-refractivity contribution is 9.10. The van der Waals surface area contributed by atoms with E-state index in [1.807, 2.05) is 25.1 Å². The number of benzene rings is 1. The minimum Gasteiger partial charge on any atom is -0.353 e. The van der Waals surface area contributed by atoms with E-state index in [0.717, 1.165) is 64.3 Å². The van der Waals surface area contributed by atoms with E-state index in [0.29, 0.717) is 35.1 Å². The van der Waals surface area contributed by atoms with Crippen LogP contribution in [-0.2, 0) is 11.2 Å². The Bertz CT molecular complexity index is 1600. The molecule has 2 atom stereocenters. The van der Waals surface area contributed by atoms with Crippen molar-refractivity contribution >= 4 is 50.2 Å². The normalized spacial score (nSPS) is 20.7. The fourth-order valence-electron chi connectivity index (χ4n) is 5.18. The van der Waals surface area contributed by atoms with Gasteiger partial charge in [-0.2, -0.15) is 15.3 Å². The van der Waals surface area contributed by atoms with Gasteiger partial charge in [0.1, 0.15) is 14.6 Å². The van der Waals surface area contributed by atoms with Crippen LogP contribution >= 0.6 is 27.3 Å². The average Bonchev–Trinajstić information content (AvgIpc) is 3.35. The van der Waals surface area contributed by atoms with Crippen molar-refractivity contribution < 1.29 is 4.79 Å². The van der Waals surface area contributed by atoms with E-state index in [1.165, 1.54) is 11.3 Å². The van der Waals surface area contributed by atoms with Gasteiger partial charge < -0.3 is 10.6 Å². The zero-order valence-corrected chi connectivity index (χ0v) is 24.1. The van der Waals surface area contributed by atoms with E-state index in [4.69, 9.17) is 10.1 Å². The number of aryl methyl sites for hydroxylation is 2. The van der Waals surface area contributed by atoms with Crippen molar-refractivity contribution in [3.63, 3.8) is 0 Å². The third kappa shape index (κ3) is 5.25. The zero-order valence-electron chi connectivity index (χ0n) is 21.7. The number of anilines is 1. The van der Waals surface area contributed by atoms with E-state index < -0.39 is 0 Å². The van der Waals surface area contributed by atoms with Crippen molar-refractivity contribution in [2.24, 2.45) is 5.41 Å². The quantitative estimate of drug-likeness (QED) is 0.283. The van der Waals surface area contributed by atoms with Crippen molar-refractivity contribution in [3.8, 4) is 22.3 Å². The largest absolute Gasteiger partial charge is 0.353 e. The molecule has 0 radical (unpaired) electrons. The zero-order chi connectivity index (χ0) is 27.1. The van der Waals surface area contributed by atoms with Crippen LogP contribution in [0.15, 0.2) is 29.0 Å². The molecule has 0 bridgehead atoms. The van der Waals surface area contributed by atoms with Crippen LogP contribution in [0.2, 0.25) is 0 Å². The second kappa shape index (κ2) is 10.3. The Labute approximate surface area is 238 Å². The SMILES string of the molecule is Cc1nnc(-c2ccc(-n3nc(Br)c4cnc(N[C@@H]5CC[C@@](C)(C(=O)NC6CC6)C5)nc43)cc2CCC#N)s1. The molecule has 10 nitrogen and oxygen atoms in total. The van der Waals surface area contributed by atoms with Gasteiger partial charge in [-0.25, -0.2) is 9.67 Å². The van der Waals surface area contributed by atoms with Crippen LogP contribution in [0.25, 0.3) is 27.3 Å². The summed E-state index contributed by atoms with van der Waals surface area (Å²) in [6, 6.07) is 8.75. The Morgan fingerprint density at radius 1 is 1.28 bits per heavy atom. The molecule has 0 spiro atoms. The van der Waals surface area contributed by atoms with Crippen LogP contribution in [0.3, 0.4) is 0 Å². The summed E-state index contributed by atoms with van der Waals surface area (Å²) >= 11 is 5.09. The molecule has 6 rings (SSSR count). The number of halogens is 1. The van der Waals surface area contributed by atoms with Crippen LogP contribution in [0.5, 0.6) is 0 Å². The van der Waals surface area contributed by atoms with E-state index in [9.17, 15) is 10.1 Å². The maximum atomic E-state index is 12.8. The van der Waals surface area contributed by atoms with Crippen LogP contribution in [0, 0.1) is 23.7 Å². The molecular formula is C27H28BrN9OS. The number of rotatable bonds is 8. The van der Waals surface area contributed by atoms with Crippen LogP contribution in [0.4, 0.5) is 5.95 Å². The number of carbonyl (C=O) groups is 1. The first-order valence-electron chi connectivity index (χ1n) is 13.1. The van der Waals surface area contributed by atoms with Crippen molar-refractivity contribution in [1.29, 1.82) is 5.26 Å². The van der Waals surface area contributed by atoms with Crippen molar-refractivity contribution in [2.75, 3.05) is 5.32 Å². The number of fused-ring (bicyclic) bond motifs is 1. The molecule has 4 aromatic rings. The average molecular weight is 607 g/mol. The fraction of sp³-hybridized carbons (Fsp3) is 0.444. The molecule has 2 fully saturated rings. The lowest BCUT2D eigenvalue weighted by Gasteiger charge is -2.23. The minimum atomic E-state index is -0.373. The summed E-state index contributed by atoms with van der Waals surface area (Å²) in [6.07, 6.45) is 7.39. The number of aromatic nitrogens is 6. The number of hydrogen-bond donors (Lipinski definition) is 2. The van der Waals surface area contributed by atoms with Gasteiger partial charge in [0, 0.05) is 35.7 Å². The third-order valence-electron chi connectivity index (χ3n) is 7.51. The van der Waals surface area contributed by atoms with Gasteiger partial charge >= 0.3 is 0 Å². The lowest BCUT2D eigenvalue weighted by Crippen LogP contribution is -2.39. The number of hydrogen-bond acceptors (Lipinski definition) is 9. The number of carbonyl (C=O) groups excluding carboxylic acids is 1. The molecule has 3 heterocycles. The minimum absolute atomic E-state index is 0.115. The van der Waals surface area contributed by atoms with Gasteiger partial charge in [0.25, 0.3) is 0 Å². The molecule has 3 aromatic heterocycles. The van der Waals surface area contributed by atoms with E-state index >= 15 is 0 Å². The van der Waals surface area contributed by atoms with Gasteiger partial charge in [0.2, 0.25) is 11.9 Å². The second-order valence-electron chi connectivity index (χ2n) is 10.7. The molecular weight excluding hydrogens is 578 g/mol. The highest BCUT2D eigenvalue weighted by atomic mass is 79.9. The predicted octanol–water partition coefficient (Wildman–Crippen LogP) is 5.11. The molecule has 0 saturated heterocycles. The van der Waals surface area contributed by atoms with Gasteiger partial charge in [0.05, 0.1) is 17.1 Å². The van der Waals surface area contributed by atoms with Crippen LogP contribution < -0.4 is 10.6 Å². The Kier molecular flexibility index (Phi) is 6.81. The molecule has 0 unspecified atom stereocenters. The van der Waals surface area contributed by atoms with Gasteiger partial charge in [-0.3, -0.25) is 4.79 Å². The van der Waals surface area contributed by atoms with Crippen LogP contribution in [-0.4, -0.2) is 47.9 Å². The molecule has 39 heavy (non-hydrogen) atoms. The molecule has 2 aliphatic rings. The third-order valence-corrected chi connectivity index (χ3v) is 8.97. The monoisotopic (exact) mass is 605 g/mol. The molecule has 0 aliphatic heterocycles. The molecule has 2 N–H and O–H groups in total. The van der Waals surface area contributed by atoms with Gasteiger partial charge in [-0.1, -0.05) is 18.3 Å². The molecule has 12 heteroatoms. The topological polar surface area (TPSA) is 134 Å². The van der Waals surface area contributed by atoms with Crippen molar-refractivity contribution in [1.82, 2.24) is 35.3 Å². The standard InChI is InChI=1S/C27H28BrN9OS/c1-15-34-35-24(39-15)20-8-7-19(12-16(20)4-3-11-29)37-23-21(22(28)36-37)14-30-26(33-23)32-18-9-10-27(2,13-18)25(38)31-17-5-6-17/h7-8,12,14,17-18H,3-6,9-10,13H2,1-2H3,(H,31,38)(H,30,32,33)/t18-,27-/m1/s1. The summed E-state index contributed by atoms with van der Waals surface area (Å²) in [7, 11) is 0. The first kappa shape index (κ1) is 25.8. The molecule has 2 saturated carbocycles. The highest BCUT2D eigenvalue weighted by Gasteiger charge is 2.43. The van der Waals surface area contributed by atoms with Crippen molar-refractivity contribution in [3.05, 3.63) is 39.6 Å². The van der Waals surface area contributed by atoms with E-state index in [-0.39, 0.29) is 17.4 Å². The van der Waals surface area contributed by atoms with Crippen LogP contribution in [0.1, 0.15) is 56.0 Å². The van der Waals surface area contributed by atoms with Gasteiger partial charge in [-0.15, -0.1) is 10.2 Å². The maximum absolute atomic E-state index is 12.8. The summed E-state index contributed by atoms with van der Waals surface area (Å²) in [6.45, 7) is 3.98. The number of nitriles is 1. The summed E-state index contributed by atoms with van der Waals surface area (Å²) in [5.74, 6) is 0.672. The fourth-order valence-corrected chi connectivity index (χ4v) is 6.37. The van der Waals surface area contributed by atoms with E-state index in [1.54, 1.807) is 10.9 Å². The summed E-state index contributed by atoms with van der Waals surface area (Å²) in [5.41, 5.74) is 3.10. The molecule has 1 amide bonds. The lowest BCUT2D eigenvalue weighted by atomic mass is 9.87. The first-order chi connectivity index (χ1) is 18.8. The number of nitrogens with zero attached hydrogens (tertiary/aromatic N) is 7. The molecule has 1 aromatic carbocycles. The summed E-state index contributed by atoms with van der Waals surface area (Å²) < 4.78 is 2.44. The summed E-state index contributed by atoms with van der Waals surface area (Å²) in [5, 5.41) is 31.6. The first-order valence-corrected chi connectivity index (χ1v) is 14.7. The Morgan fingerprint density at radius 3 is 2.87 bits per heavy atom. The lowest BCUT2D eigenvalue weighted by molar-refractivity contribution is -0.130. The second-order valence-corrected chi connectivity index (χ2v) is 12.6. The Balaban J connectivity index is 1.28. The van der Waals surface area contributed by atoms with E-state index in [2.05, 4.69) is 54.7 Å². The number of amides is 1. The van der Waals surface area contributed by atoms with Crippen molar-refractivity contribution in [2.45, 2.75) is 70.9 Å². The highest BCUT2D eigenvalue weighted by Crippen LogP contribution is 2.40. The van der Waals surface area contributed by atoms with Gasteiger partial charge in [-0.05, 0) is 85.1 Å². The predicted molar refractivity (Wildman–Crippen MR) is 152 cm³/mol. The number of nitrogens with one attached hydrogen (secondary N) is 2. The summed E-state index contributed by atoms with van der Waals surface area (Å²) in [4.78, 5) is 22.2. The smallest absolute Gasteiger partial charge is 0.226 e. The maximum Gasteiger partial charge on any atom is 0.226 e.